The first-order chi connectivity index (χ1) is 14.5. The van der Waals surface area contributed by atoms with Crippen LogP contribution in [0, 0.1) is 5.82 Å². The molecule has 8 nitrogen and oxygen atoms in total. The maximum Gasteiger partial charge on any atom is 0.325 e. The molecule has 0 unspecified atom stereocenters. The van der Waals surface area contributed by atoms with Gasteiger partial charge in [-0.2, -0.15) is 0 Å². The molecule has 3 rings (SSSR count). The number of nitrogens with zero attached hydrogens (tertiary/aromatic N) is 1. The number of amides is 2. The van der Waals surface area contributed by atoms with Crippen molar-refractivity contribution in [3.8, 4) is 0 Å². The van der Waals surface area contributed by atoms with Gasteiger partial charge in [0.2, 0.25) is 0 Å². The minimum absolute atomic E-state index is 0.177. The molecule has 0 saturated carbocycles. The van der Waals surface area contributed by atoms with Gasteiger partial charge in [-0.05, 0) is 36.4 Å². The fourth-order valence-electron chi connectivity index (χ4n) is 2.86. The summed E-state index contributed by atoms with van der Waals surface area (Å²) in [5, 5.41) is 4.88. The molecule has 158 valence electrons. The molecular weight excluding hydrogens is 393 g/mol. The van der Waals surface area contributed by atoms with E-state index in [0.717, 1.165) is 24.8 Å². The molecule has 1 aliphatic heterocycles. The van der Waals surface area contributed by atoms with Gasteiger partial charge in [0.05, 0.1) is 18.8 Å². The number of benzene rings is 2. The van der Waals surface area contributed by atoms with E-state index in [1.165, 1.54) is 18.2 Å². The van der Waals surface area contributed by atoms with Gasteiger partial charge >= 0.3 is 5.97 Å². The number of nitrogens with one attached hydrogen (secondary N) is 2. The molecule has 2 amide bonds. The highest BCUT2D eigenvalue weighted by Gasteiger charge is 2.14. The van der Waals surface area contributed by atoms with Gasteiger partial charge in [0, 0.05) is 24.5 Å². The third-order valence-electron chi connectivity index (χ3n) is 4.40. The van der Waals surface area contributed by atoms with Crippen LogP contribution in [0.25, 0.3) is 0 Å². The third kappa shape index (κ3) is 6.02. The Morgan fingerprint density at radius 1 is 1.03 bits per heavy atom. The minimum Gasteiger partial charge on any atom is -0.454 e. The normalized spacial score (nSPS) is 13.4. The average Bonchev–Trinajstić information content (AvgIpc) is 2.77. The predicted molar refractivity (Wildman–Crippen MR) is 108 cm³/mol. The number of ether oxygens (including phenoxy) is 2. The molecule has 0 aromatic heterocycles. The first kappa shape index (κ1) is 21.3. The molecule has 30 heavy (non-hydrogen) atoms. The van der Waals surface area contributed by atoms with Crippen LogP contribution in [0.2, 0.25) is 0 Å². The van der Waals surface area contributed by atoms with Gasteiger partial charge in [-0.25, -0.2) is 4.39 Å². The predicted octanol–water partition coefficient (Wildman–Crippen LogP) is 1.57. The lowest BCUT2D eigenvalue weighted by Gasteiger charge is -2.28. The molecule has 1 saturated heterocycles. The van der Waals surface area contributed by atoms with Crippen LogP contribution in [0.4, 0.5) is 15.8 Å². The molecule has 2 aromatic rings. The summed E-state index contributed by atoms with van der Waals surface area (Å²) in [6.45, 7) is 2.02. The second kappa shape index (κ2) is 10.4. The number of morpholine rings is 1. The summed E-state index contributed by atoms with van der Waals surface area (Å²) < 4.78 is 23.7. The van der Waals surface area contributed by atoms with Crippen LogP contribution < -0.4 is 15.5 Å². The lowest BCUT2D eigenvalue weighted by molar-refractivity contribution is -0.146. The molecule has 0 bridgehead atoms. The second-order valence-electron chi connectivity index (χ2n) is 6.52. The third-order valence-corrected chi connectivity index (χ3v) is 4.40. The van der Waals surface area contributed by atoms with E-state index in [4.69, 9.17) is 9.47 Å². The zero-order chi connectivity index (χ0) is 21.3. The van der Waals surface area contributed by atoms with E-state index in [2.05, 4.69) is 15.5 Å². The molecule has 1 heterocycles. The lowest BCUT2D eigenvalue weighted by atomic mass is 10.2. The van der Waals surface area contributed by atoms with Crippen molar-refractivity contribution >= 4 is 29.2 Å². The van der Waals surface area contributed by atoms with Crippen LogP contribution in [0.3, 0.4) is 0 Å². The van der Waals surface area contributed by atoms with Crippen molar-refractivity contribution in [2.75, 3.05) is 49.7 Å². The zero-order valence-corrected chi connectivity index (χ0v) is 16.2. The average molecular weight is 415 g/mol. The number of hydrogen-bond acceptors (Lipinski definition) is 6. The number of hydrogen-bond donors (Lipinski definition) is 2. The highest BCUT2D eigenvalue weighted by molar-refractivity contribution is 5.96. The van der Waals surface area contributed by atoms with Crippen molar-refractivity contribution in [1.82, 2.24) is 5.32 Å². The molecule has 9 heteroatoms. The van der Waals surface area contributed by atoms with Crippen molar-refractivity contribution in [2.45, 2.75) is 0 Å². The fraction of sp³-hybridized carbons (Fsp3) is 0.286. The highest BCUT2D eigenvalue weighted by atomic mass is 19.1. The van der Waals surface area contributed by atoms with Gasteiger partial charge in [0.25, 0.3) is 11.8 Å². The SMILES string of the molecule is O=C(COC(=O)CNC(=O)c1ccccc1F)Nc1ccc(N2CCOCC2)cc1. The summed E-state index contributed by atoms with van der Waals surface area (Å²) in [5.41, 5.74) is 1.43. The Balaban J connectivity index is 1.39. The summed E-state index contributed by atoms with van der Waals surface area (Å²) in [5.74, 6) is -2.75. The molecule has 2 N–H and O–H groups in total. The first-order valence-corrected chi connectivity index (χ1v) is 9.44. The fourth-order valence-corrected chi connectivity index (χ4v) is 2.86. The van der Waals surface area contributed by atoms with Crippen molar-refractivity contribution in [3.63, 3.8) is 0 Å². The van der Waals surface area contributed by atoms with E-state index in [1.807, 2.05) is 12.1 Å². The molecule has 0 radical (unpaired) electrons. The monoisotopic (exact) mass is 415 g/mol. The number of rotatable bonds is 7. The molecule has 0 spiro atoms. The smallest absolute Gasteiger partial charge is 0.325 e. The molecular formula is C21H22FN3O5. The Kier molecular flexibility index (Phi) is 7.34. The maximum absolute atomic E-state index is 13.5. The van der Waals surface area contributed by atoms with E-state index in [9.17, 15) is 18.8 Å². The molecule has 0 atom stereocenters. The summed E-state index contributed by atoms with van der Waals surface area (Å²) in [4.78, 5) is 37.7. The lowest BCUT2D eigenvalue weighted by Crippen LogP contribution is -2.36. The maximum atomic E-state index is 13.5. The van der Waals surface area contributed by atoms with E-state index < -0.39 is 36.8 Å². The van der Waals surface area contributed by atoms with E-state index in [1.54, 1.807) is 12.1 Å². The number of carbonyl (C=O) groups excluding carboxylic acids is 3. The van der Waals surface area contributed by atoms with E-state index in [-0.39, 0.29) is 5.56 Å². The first-order valence-electron chi connectivity index (χ1n) is 9.44. The van der Waals surface area contributed by atoms with Gasteiger partial charge in [0.1, 0.15) is 12.4 Å². The van der Waals surface area contributed by atoms with Crippen molar-refractivity contribution in [1.29, 1.82) is 0 Å². The van der Waals surface area contributed by atoms with Crippen LogP contribution >= 0.6 is 0 Å². The summed E-state index contributed by atoms with van der Waals surface area (Å²) >= 11 is 0. The van der Waals surface area contributed by atoms with Crippen molar-refractivity contribution in [2.24, 2.45) is 0 Å². The highest BCUT2D eigenvalue weighted by Crippen LogP contribution is 2.19. The Labute approximate surface area is 173 Å². The van der Waals surface area contributed by atoms with Crippen LogP contribution in [0.1, 0.15) is 10.4 Å². The van der Waals surface area contributed by atoms with Crippen molar-refractivity contribution in [3.05, 3.63) is 59.9 Å². The van der Waals surface area contributed by atoms with Crippen LogP contribution in [0.5, 0.6) is 0 Å². The quantitative estimate of drug-likeness (QED) is 0.667. The second-order valence-corrected chi connectivity index (χ2v) is 6.52. The number of carbonyl (C=O) groups is 3. The molecule has 2 aromatic carbocycles. The Bertz CT molecular complexity index is 898. The largest absolute Gasteiger partial charge is 0.454 e. The van der Waals surface area contributed by atoms with Gasteiger partial charge < -0.3 is 25.0 Å². The van der Waals surface area contributed by atoms with Crippen LogP contribution in [0.15, 0.2) is 48.5 Å². The molecule has 1 fully saturated rings. The topological polar surface area (TPSA) is 97.0 Å². The summed E-state index contributed by atoms with van der Waals surface area (Å²) in [6, 6.07) is 12.7. The molecule has 0 aliphatic carbocycles. The van der Waals surface area contributed by atoms with Crippen molar-refractivity contribution < 1.29 is 28.2 Å². The Morgan fingerprint density at radius 2 is 1.73 bits per heavy atom. The standard InChI is InChI=1S/C21H22FN3O5/c22-18-4-2-1-3-17(18)21(28)23-13-20(27)30-14-19(26)24-15-5-7-16(8-6-15)25-9-11-29-12-10-25/h1-8H,9-14H2,(H,23,28)(H,24,26). The van der Waals surface area contributed by atoms with Gasteiger partial charge in [-0.15, -0.1) is 0 Å². The van der Waals surface area contributed by atoms with E-state index in [0.29, 0.717) is 18.9 Å². The zero-order valence-electron chi connectivity index (χ0n) is 16.2. The molecule has 1 aliphatic rings. The number of anilines is 2. The minimum atomic E-state index is -0.808. The van der Waals surface area contributed by atoms with Crippen LogP contribution in [-0.2, 0) is 19.1 Å². The van der Waals surface area contributed by atoms with Gasteiger partial charge in [-0.1, -0.05) is 12.1 Å². The Morgan fingerprint density at radius 3 is 2.43 bits per heavy atom. The van der Waals surface area contributed by atoms with Crippen LogP contribution in [-0.4, -0.2) is 57.2 Å². The van der Waals surface area contributed by atoms with E-state index >= 15 is 0 Å². The number of halogens is 1. The summed E-state index contributed by atoms with van der Waals surface area (Å²) in [6.07, 6.45) is 0. The Hall–Kier alpha value is -3.46. The summed E-state index contributed by atoms with van der Waals surface area (Å²) in [7, 11) is 0. The number of esters is 1. The van der Waals surface area contributed by atoms with Gasteiger partial charge in [-0.3, -0.25) is 14.4 Å². The van der Waals surface area contributed by atoms with Gasteiger partial charge in [0.15, 0.2) is 6.61 Å².